The first kappa shape index (κ1) is 27.5. The molecule has 0 atom stereocenters. The molecular formula is C30H30ClF2N3O2S. The number of rotatable bonds is 7. The molecule has 1 fully saturated rings. The predicted octanol–water partition coefficient (Wildman–Crippen LogP) is 7.38. The second kappa shape index (κ2) is 11.6. The molecule has 0 aliphatic heterocycles. The average molecular weight is 570 g/mol. The standard InChI is InChI=1S/C30H30ClF2N3O2S/c1-17-4-5-19(15-35-17)18-6-13-25(38-3)20(14-18)16-36(22-9-7-21(34-2)8-10-22)30(37)29-27(31)26-23(32)11-12-24(33)28(26)39-29/h4-6,11-15,21-22,34H,7-10,16H2,1-3H3. The van der Waals surface area contributed by atoms with Crippen LogP contribution in [0.5, 0.6) is 5.75 Å². The fourth-order valence-electron chi connectivity index (χ4n) is 5.31. The highest BCUT2D eigenvalue weighted by Crippen LogP contribution is 2.40. The summed E-state index contributed by atoms with van der Waals surface area (Å²) in [6, 6.07) is 12.3. The van der Waals surface area contributed by atoms with E-state index in [1.807, 2.05) is 50.5 Å². The van der Waals surface area contributed by atoms with Gasteiger partial charge in [0.2, 0.25) is 0 Å². The highest BCUT2D eigenvalue weighted by molar-refractivity contribution is 7.21. The highest BCUT2D eigenvalue weighted by atomic mass is 35.5. The number of fused-ring (bicyclic) bond motifs is 1. The van der Waals surface area contributed by atoms with E-state index in [1.54, 1.807) is 12.0 Å². The Hall–Kier alpha value is -3.07. The molecule has 5 nitrogen and oxygen atoms in total. The predicted molar refractivity (Wildman–Crippen MR) is 153 cm³/mol. The number of hydrogen-bond acceptors (Lipinski definition) is 5. The van der Waals surface area contributed by atoms with Crippen molar-refractivity contribution in [2.24, 2.45) is 0 Å². The number of carbonyl (C=O) groups excluding carboxylic acids is 1. The lowest BCUT2D eigenvalue weighted by molar-refractivity contribution is 0.0604. The Morgan fingerprint density at radius 1 is 1.10 bits per heavy atom. The third kappa shape index (κ3) is 5.51. The summed E-state index contributed by atoms with van der Waals surface area (Å²) >= 11 is 7.45. The minimum absolute atomic E-state index is 0.0441. The van der Waals surface area contributed by atoms with Gasteiger partial charge >= 0.3 is 0 Å². The van der Waals surface area contributed by atoms with Gasteiger partial charge in [-0.3, -0.25) is 9.78 Å². The van der Waals surface area contributed by atoms with Gasteiger partial charge in [0.05, 0.1) is 22.2 Å². The van der Waals surface area contributed by atoms with Crippen molar-refractivity contribution >= 4 is 38.9 Å². The van der Waals surface area contributed by atoms with E-state index in [1.165, 1.54) is 0 Å². The fraction of sp³-hybridized carbons (Fsp3) is 0.333. The number of nitrogens with one attached hydrogen (secondary N) is 1. The fourth-order valence-corrected chi connectivity index (χ4v) is 6.82. The Kier molecular flexibility index (Phi) is 8.16. The highest BCUT2D eigenvalue weighted by Gasteiger charge is 2.33. The van der Waals surface area contributed by atoms with Gasteiger partial charge in [-0.1, -0.05) is 23.7 Å². The Bertz CT molecular complexity index is 1500. The molecule has 5 rings (SSSR count). The number of nitrogens with zero attached hydrogens (tertiary/aromatic N) is 2. The number of hydrogen-bond donors (Lipinski definition) is 1. The summed E-state index contributed by atoms with van der Waals surface area (Å²) in [6.45, 7) is 2.20. The Morgan fingerprint density at radius 3 is 2.46 bits per heavy atom. The van der Waals surface area contributed by atoms with Crippen LogP contribution < -0.4 is 10.1 Å². The van der Waals surface area contributed by atoms with Crippen molar-refractivity contribution < 1.29 is 18.3 Å². The SMILES string of the molecule is CNC1CCC(N(Cc2cc(-c3ccc(C)nc3)ccc2OC)C(=O)c2sc3c(F)ccc(F)c3c2Cl)CC1. The molecule has 0 saturated heterocycles. The van der Waals surface area contributed by atoms with Gasteiger partial charge in [0.1, 0.15) is 22.3 Å². The van der Waals surface area contributed by atoms with E-state index in [2.05, 4.69) is 10.3 Å². The number of amides is 1. The van der Waals surface area contributed by atoms with Crippen LogP contribution in [0.4, 0.5) is 8.78 Å². The Morgan fingerprint density at radius 2 is 1.82 bits per heavy atom. The Balaban J connectivity index is 1.55. The van der Waals surface area contributed by atoms with E-state index in [0.717, 1.165) is 71.5 Å². The van der Waals surface area contributed by atoms with Crippen LogP contribution in [0.3, 0.4) is 0 Å². The summed E-state index contributed by atoms with van der Waals surface area (Å²) in [7, 11) is 3.55. The van der Waals surface area contributed by atoms with Crippen LogP contribution in [-0.2, 0) is 6.54 Å². The molecule has 1 N–H and O–H groups in total. The molecule has 39 heavy (non-hydrogen) atoms. The van der Waals surface area contributed by atoms with Crippen LogP contribution in [0, 0.1) is 18.6 Å². The van der Waals surface area contributed by atoms with E-state index in [-0.39, 0.29) is 38.5 Å². The summed E-state index contributed by atoms with van der Waals surface area (Å²) in [5.41, 5.74) is 3.66. The molecule has 1 aliphatic rings. The average Bonchev–Trinajstić information content (AvgIpc) is 3.32. The molecular weight excluding hydrogens is 540 g/mol. The summed E-state index contributed by atoms with van der Waals surface area (Å²) in [5, 5.41) is 3.24. The van der Waals surface area contributed by atoms with E-state index in [4.69, 9.17) is 16.3 Å². The van der Waals surface area contributed by atoms with Gasteiger partial charge in [-0.2, -0.15) is 0 Å². The minimum atomic E-state index is -0.645. The molecule has 2 aromatic carbocycles. The van der Waals surface area contributed by atoms with Crippen LogP contribution in [-0.4, -0.2) is 42.0 Å². The van der Waals surface area contributed by atoms with Gasteiger partial charge in [-0.15, -0.1) is 11.3 Å². The van der Waals surface area contributed by atoms with Gasteiger partial charge in [0, 0.05) is 41.6 Å². The topological polar surface area (TPSA) is 54.5 Å². The van der Waals surface area contributed by atoms with Crippen LogP contribution in [0.15, 0.2) is 48.7 Å². The number of methoxy groups -OCH3 is 1. The molecule has 0 bridgehead atoms. The van der Waals surface area contributed by atoms with Crippen molar-refractivity contribution in [2.45, 2.75) is 51.2 Å². The number of aryl methyl sites for hydroxylation is 1. The number of halogens is 3. The van der Waals surface area contributed by atoms with Crippen LogP contribution in [0.2, 0.25) is 5.02 Å². The first-order chi connectivity index (χ1) is 18.8. The van der Waals surface area contributed by atoms with Gasteiger partial charge < -0.3 is 15.0 Å². The number of benzene rings is 2. The molecule has 0 radical (unpaired) electrons. The largest absolute Gasteiger partial charge is 0.496 e. The maximum Gasteiger partial charge on any atom is 0.266 e. The first-order valence-corrected chi connectivity index (χ1v) is 14.1. The van der Waals surface area contributed by atoms with Gasteiger partial charge in [0.25, 0.3) is 5.91 Å². The van der Waals surface area contributed by atoms with Gasteiger partial charge in [-0.05, 0) is 75.5 Å². The third-order valence-electron chi connectivity index (χ3n) is 7.55. The molecule has 2 heterocycles. The lowest BCUT2D eigenvalue weighted by atomic mass is 9.89. The molecule has 204 valence electrons. The van der Waals surface area contributed by atoms with Crippen molar-refractivity contribution in [1.29, 1.82) is 0 Å². The van der Waals surface area contributed by atoms with Crippen molar-refractivity contribution in [2.75, 3.05) is 14.2 Å². The normalized spacial score (nSPS) is 17.4. The molecule has 0 unspecified atom stereocenters. The zero-order valence-electron chi connectivity index (χ0n) is 22.1. The molecule has 1 aliphatic carbocycles. The van der Waals surface area contributed by atoms with Gasteiger partial charge in [0.15, 0.2) is 0 Å². The van der Waals surface area contributed by atoms with E-state index in [0.29, 0.717) is 11.8 Å². The second-order valence-corrected chi connectivity index (χ2v) is 11.3. The zero-order valence-corrected chi connectivity index (χ0v) is 23.6. The number of pyridine rings is 1. The maximum atomic E-state index is 14.6. The van der Waals surface area contributed by atoms with Crippen molar-refractivity contribution in [3.63, 3.8) is 0 Å². The number of thiophene rings is 1. The summed E-state index contributed by atoms with van der Waals surface area (Å²) in [6.07, 6.45) is 5.25. The number of carbonyl (C=O) groups is 1. The summed E-state index contributed by atoms with van der Waals surface area (Å²) < 4.78 is 34.9. The molecule has 4 aromatic rings. The van der Waals surface area contributed by atoms with Gasteiger partial charge in [-0.25, -0.2) is 8.78 Å². The number of aromatic nitrogens is 1. The molecule has 0 spiro atoms. The lowest BCUT2D eigenvalue weighted by Crippen LogP contribution is -2.44. The van der Waals surface area contributed by atoms with Crippen molar-refractivity contribution in [3.8, 4) is 16.9 Å². The molecule has 9 heteroatoms. The lowest BCUT2D eigenvalue weighted by Gasteiger charge is -2.37. The van der Waals surface area contributed by atoms with Crippen LogP contribution >= 0.6 is 22.9 Å². The quantitative estimate of drug-likeness (QED) is 0.252. The monoisotopic (exact) mass is 569 g/mol. The molecule has 1 amide bonds. The smallest absolute Gasteiger partial charge is 0.266 e. The maximum absolute atomic E-state index is 14.6. The van der Waals surface area contributed by atoms with Crippen LogP contribution in [0.25, 0.3) is 21.2 Å². The number of ether oxygens (including phenoxy) is 1. The zero-order chi connectivity index (χ0) is 27.7. The van der Waals surface area contributed by atoms with E-state index in [9.17, 15) is 13.6 Å². The Labute approximate surface area is 235 Å². The summed E-state index contributed by atoms with van der Waals surface area (Å²) in [4.78, 5) is 20.5. The van der Waals surface area contributed by atoms with E-state index < -0.39 is 11.6 Å². The third-order valence-corrected chi connectivity index (χ3v) is 9.22. The first-order valence-electron chi connectivity index (χ1n) is 12.9. The molecule has 2 aromatic heterocycles. The van der Waals surface area contributed by atoms with Crippen molar-refractivity contribution in [1.82, 2.24) is 15.2 Å². The minimum Gasteiger partial charge on any atom is -0.496 e. The summed E-state index contributed by atoms with van der Waals surface area (Å²) in [5.74, 6) is -0.925. The molecule has 1 saturated carbocycles. The van der Waals surface area contributed by atoms with Crippen LogP contribution in [0.1, 0.15) is 46.6 Å². The van der Waals surface area contributed by atoms with E-state index >= 15 is 0 Å². The van der Waals surface area contributed by atoms with Crippen molar-refractivity contribution in [3.05, 3.63) is 81.5 Å². The second-order valence-electron chi connectivity index (χ2n) is 9.92.